The summed E-state index contributed by atoms with van der Waals surface area (Å²) in [5, 5.41) is 7.26. The van der Waals surface area contributed by atoms with E-state index in [0.717, 1.165) is 5.57 Å². The van der Waals surface area contributed by atoms with Gasteiger partial charge in [-0.2, -0.15) is 0 Å². The van der Waals surface area contributed by atoms with Crippen molar-refractivity contribution < 1.29 is 4.74 Å². The van der Waals surface area contributed by atoms with Gasteiger partial charge in [-0.25, -0.2) is 0 Å². The zero-order valence-electron chi connectivity index (χ0n) is 7.63. The summed E-state index contributed by atoms with van der Waals surface area (Å²) in [6, 6.07) is 0. The molecule has 68 valence electrons. The molecule has 0 rings (SSSR count). The Hall–Kier alpha value is -1.09. The molecule has 12 heavy (non-hydrogen) atoms. The van der Waals surface area contributed by atoms with Crippen molar-refractivity contribution in [1.29, 1.82) is 5.41 Å². The van der Waals surface area contributed by atoms with E-state index in [0.29, 0.717) is 13.2 Å². The zero-order valence-corrected chi connectivity index (χ0v) is 7.63. The van der Waals surface area contributed by atoms with Gasteiger partial charge in [0.1, 0.15) is 0 Å². The summed E-state index contributed by atoms with van der Waals surface area (Å²) in [5.41, 5.74) is 6.41. The van der Waals surface area contributed by atoms with E-state index in [1.165, 1.54) is 0 Å². The predicted molar refractivity (Wildman–Crippen MR) is 51.3 cm³/mol. The van der Waals surface area contributed by atoms with Crippen molar-refractivity contribution in [2.75, 3.05) is 13.2 Å². The van der Waals surface area contributed by atoms with E-state index in [-0.39, 0.29) is 5.90 Å². The fourth-order valence-electron chi connectivity index (χ4n) is 0.668. The third-order valence-corrected chi connectivity index (χ3v) is 1.36. The summed E-state index contributed by atoms with van der Waals surface area (Å²) < 4.78 is 4.91. The molecule has 0 amide bonds. The summed E-state index contributed by atoms with van der Waals surface area (Å²) in [4.78, 5) is 0. The molecule has 0 saturated carbocycles. The minimum Gasteiger partial charge on any atom is -0.478 e. The molecule has 0 aromatic carbocycles. The van der Waals surface area contributed by atoms with Crippen LogP contribution in [-0.4, -0.2) is 19.0 Å². The minimum atomic E-state index is 0.172. The summed E-state index contributed by atoms with van der Waals surface area (Å²) >= 11 is 0. The standard InChI is InChI=1S/C9H16N2O/c1-3-8(7-10)5-6-9(11)12-4-2/h3,5-6,11H,4,7,10H2,1-2H3/b6-5-,8-3+,11-9?. The first-order chi connectivity index (χ1) is 5.74. The molecule has 0 radical (unpaired) electrons. The average molecular weight is 168 g/mol. The Morgan fingerprint density at radius 1 is 1.50 bits per heavy atom. The Morgan fingerprint density at radius 3 is 2.58 bits per heavy atom. The van der Waals surface area contributed by atoms with Gasteiger partial charge in [0.2, 0.25) is 5.90 Å². The minimum absolute atomic E-state index is 0.172. The molecule has 0 spiro atoms. The quantitative estimate of drug-likeness (QED) is 0.379. The largest absolute Gasteiger partial charge is 0.478 e. The molecule has 0 bridgehead atoms. The van der Waals surface area contributed by atoms with Crippen LogP contribution in [0, 0.1) is 5.41 Å². The van der Waals surface area contributed by atoms with Crippen LogP contribution in [0.1, 0.15) is 13.8 Å². The van der Waals surface area contributed by atoms with Gasteiger partial charge in [0, 0.05) is 6.54 Å². The highest BCUT2D eigenvalue weighted by Gasteiger charge is 1.89. The van der Waals surface area contributed by atoms with Crippen LogP contribution < -0.4 is 5.73 Å². The molecule has 0 unspecified atom stereocenters. The summed E-state index contributed by atoms with van der Waals surface area (Å²) in [6.07, 6.45) is 5.30. The number of hydrogen-bond donors (Lipinski definition) is 2. The van der Waals surface area contributed by atoms with Crippen LogP contribution in [0.4, 0.5) is 0 Å². The molecule has 0 aliphatic heterocycles. The molecule has 3 N–H and O–H groups in total. The number of rotatable bonds is 4. The van der Waals surface area contributed by atoms with Crippen LogP contribution in [0.25, 0.3) is 0 Å². The molecule has 3 heteroatoms. The van der Waals surface area contributed by atoms with Crippen LogP contribution >= 0.6 is 0 Å². The Morgan fingerprint density at radius 2 is 2.17 bits per heavy atom. The van der Waals surface area contributed by atoms with Gasteiger partial charge in [-0.3, -0.25) is 5.41 Å². The highest BCUT2D eigenvalue weighted by atomic mass is 16.5. The van der Waals surface area contributed by atoms with Crippen molar-refractivity contribution in [3.8, 4) is 0 Å². The smallest absolute Gasteiger partial charge is 0.205 e. The lowest BCUT2D eigenvalue weighted by Gasteiger charge is -1.98. The second kappa shape index (κ2) is 6.61. The number of nitrogens with one attached hydrogen (secondary N) is 1. The molecule has 0 aliphatic rings. The van der Waals surface area contributed by atoms with E-state index in [9.17, 15) is 0 Å². The Bertz CT molecular complexity index is 195. The molecule has 0 fully saturated rings. The SMILES string of the molecule is C/C=C(\C=C/C(=N)OCC)CN. The third-order valence-electron chi connectivity index (χ3n) is 1.36. The molecular formula is C9H16N2O. The topological polar surface area (TPSA) is 59.1 Å². The first-order valence-electron chi connectivity index (χ1n) is 3.99. The molecule has 3 nitrogen and oxygen atoms in total. The van der Waals surface area contributed by atoms with Gasteiger partial charge in [0.25, 0.3) is 0 Å². The van der Waals surface area contributed by atoms with Crippen molar-refractivity contribution in [3.05, 3.63) is 23.8 Å². The van der Waals surface area contributed by atoms with Crippen LogP contribution in [-0.2, 0) is 4.74 Å². The molecular weight excluding hydrogens is 152 g/mol. The van der Waals surface area contributed by atoms with E-state index in [1.54, 1.807) is 12.2 Å². The van der Waals surface area contributed by atoms with Crippen molar-refractivity contribution in [2.24, 2.45) is 5.73 Å². The van der Waals surface area contributed by atoms with Crippen LogP contribution in [0.3, 0.4) is 0 Å². The zero-order chi connectivity index (χ0) is 9.40. The van der Waals surface area contributed by atoms with Crippen LogP contribution in [0.15, 0.2) is 23.8 Å². The Kier molecular flexibility index (Phi) is 6.01. The molecule has 0 aliphatic carbocycles. The Labute approximate surface area is 73.4 Å². The number of allylic oxidation sites excluding steroid dienone is 1. The van der Waals surface area contributed by atoms with E-state index >= 15 is 0 Å². The van der Waals surface area contributed by atoms with Crippen molar-refractivity contribution >= 4 is 5.90 Å². The molecule has 0 saturated heterocycles. The lowest BCUT2D eigenvalue weighted by Crippen LogP contribution is -2.02. The lowest BCUT2D eigenvalue weighted by molar-refractivity contribution is 0.327. The van der Waals surface area contributed by atoms with Crippen LogP contribution in [0.5, 0.6) is 0 Å². The number of nitrogens with two attached hydrogens (primary N) is 1. The van der Waals surface area contributed by atoms with Crippen molar-refractivity contribution in [1.82, 2.24) is 0 Å². The second-order valence-electron chi connectivity index (χ2n) is 2.20. The first-order valence-corrected chi connectivity index (χ1v) is 3.99. The first kappa shape index (κ1) is 10.9. The Balaban J connectivity index is 3.96. The summed E-state index contributed by atoms with van der Waals surface area (Å²) in [7, 11) is 0. The normalized spacial score (nSPS) is 12.1. The molecule has 0 aromatic rings. The van der Waals surface area contributed by atoms with E-state index < -0.39 is 0 Å². The highest BCUT2D eigenvalue weighted by molar-refractivity contribution is 5.85. The van der Waals surface area contributed by atoms with Gasteiger partial charge in [0.05, 0.1) is 6.61 Å². The van der Waals surface area contributed by atoms with Gasteiger partial charge in [-0.1, -0.05) is 12.2 Å². The van der Waals surface area contributed by atoms with Gasteiger partial charge < -0.3 is 10.5 Å². The maximum absolute atomic E-state index is 7.26. The maximum Gasteiger partial charge on any atom is 0.205 e. The number of ether oxygens (including phenoxy) is 1. The fraction of sp³-hybridized carbons (Fsp3) is 0.444. The van der Waals surface area contributed by atoms with E-state index in [2.05, 4.69) is 0 Å². The lowest BCUT2D eigenvalue weighted by atomic mass is 10.2. The number of hydrogen-bond acceptors (Lipinski definition) is 3. The maximum atomic E-state index is 7.26. The predicted octanol–water partition coefficient (Wildman–Crippen LogP) is 1.46. The summed E-state index contributed by atoms with van der Waals surface area (Å²) in [6.45, 7) is 4.78. The van der Waals surface area contributed by atoms with E-state index in [1.807, 2.05) is 19.9 Å². The molecule has 0 atom stereocenters. The van der Waals surface area contributed by atoms with E-state index in [4.69, 9.17) is 15.9 Å². The average Bonchev–Trinajstić information content (AvgIpc) is 2.07. The highest BCUT2D eigenvalue weighted by Crippen LogP contribution is 1.94. The molecule has 0 aromatic heterocycles. The molecule has 0 heterocycles. The van der Waals surface area contributed by atoms with Crippen molar-refractivity contribution in [3.63, 3.8) is 0 Å². The van der Waals surface area contributed by atoms with Gasteiger partial charge in [-0.15, -0.1) is 0 Å². The van der Waals surface area contributed by atoms with Gasteiger partial charge in [0.15, 0.2) is 0 Å². The second-order valence-corrected chi connectivity index (χ2v) is 2.20. The monoisotopic (exact) mass is 168 g/mol. The van der Waals surface area contributed by atoms with Crippen molar-refractivity contribution in [2.45, 2.75) is 13.8 Å². The van der Waals surface area contributed by atoms with Gasteiger partial charge in [-0.05, 0) is 25.5 Å². The third kappa shape index (κ3) is 4.68. The van der Waals surface area contributed by atoms with Crippen LogP contribution in [0.2, 0.25) is 0 Å². The summed E-state index contributed by atoms with van der Waals surface area (Å²) in [5.74, 6) is 0.172. The fourth-order valence-corrected chi connectivity index (χ4v) is 0.668. The van der Waals surface area contributed by atoms with Gasteiger partial charge >= 0.3 is 0 Å².